The largest absolute Gasteiger partial charge is 0.480 e. The molecule has 2 heterocycles. The number of benzene rings is 1. The number of aromatic amines is 1. The van der Waals surface area contributed by atoms with Crippen LogP contribution < -0.4 is 5.32 Å². The van der Waals surface area contributed by atoms with Crippen LogP contribution in [0.25, 0.3) is 21.8 Å². The summed E-state index contributed by atoms with van der Waals surface area (Å²) < 4.78 is 0. The Morgan fingerprint density at radius 1 is 1.25 bits per heavy atom. The van der Waals surface area contributed by atoms with Crippen molar-refractivity contribution in [2.45, 2.75) is 26.3 Å². The van der Waals surface area contributed by atoms with Crippen molar-refractivity contribution in [2.75, 3.05) is 0 Å². The smallest absolute Gasteiger partial charge is 0.326 e. The molecule has 24 heavy (non-hydrogen) atoms. The fourth-order valence-electron chi connectivity index (χ4n) is 2.77. The van der Waals surface area contributed by atoms with Gasteiger partial charge in [-0.05, 0) is 18.1 Å². The highest BCUT2D eigenvalue weighted by Crippen LogP contribution is 2.25. The van der Waals surface area contributed by atoms with Crippen molar-refractivity contribution in [3.63, 3.8) is 0 Å². The molecule has 6 heteroatoms. The van der Waals surface area contributed by atoms with Gasteiger partial charge in [0.1, 0.15) is 11.7 Å². The average Bonchev–Trinajstić information content (AvgIpc) is 2.96. The second kappa shape index (κ2) is 6.31. The third kappa shape index (κ3) is 2.82. The highest BCUT2D eigenvalue weighted by molar-refractivity contribution is 6.09. The molecule has 0 radical (unpaired) electrons. The van der Waals surface area contributed by atoms with Gasteiger partial charge in [-0.3, -0.25) is 4.79 Å². The number of amides is 1. The van der Waals surface area contributed by atoms with Crippen LogP contribution in [0.2, 0.25) is 0 Å². The maximum atomic E-state index is 12.4. The molecule has 3 N–H and O–H groups in total. The number of aliphatic carboxylic acids is 1. The summed E-state index contributed by atoms with van der Waals surface area (Å²) in [5.41, 5.74) is 2.01. The molecule has 124 valence electrons. The van der Waals surface area contributed by atoms with E-state index in [1.165, 1.54) is 0 Å². The molecule has 2 aromatic heterocycles. The number of fused-ring (bicyclic) bond motifs is 3. The van der Waals surface area contributed by atoms with Gasteiger partial charge in [-0.2, -0.15) is 0 Å². The highest BCUT2D eigenvalue weighted by atomic mass is 16.4. The lowest BCUT2D eigenvalue weighted by molar-refractivity contribution is -0.140. The summed E-state index contributed by atoms with van der Waals surface area (Å²) >= 11 is 0. The summed E-state index contributed by atoms with van der Waals surface area (Å²) in [4.78, 5) is 31.2. The van der Waals surface area contributed by atoms with Gasteiger partial charge in [-0.25, -0.2) is 9.78 Å². The molecule has 3 rings (SSSR count). The number of pyridine rings is 1. The van der Waals surface area contributed by atoms with Crippen molar-refractivity contribution in [3.05, 3.63) is 42.2 Å². The van der Waals surface area contributed by atoms with Gasteiger partial charge in [-0.15, -0.1) is 0 Å². The minimum absolute atomic E-state index is 0.164. The number of H-pyrrole nitrogens is 1. The topological polar surface area (TPSA) is 95.1 Å². The summed E-state index contributed by atoms with van der Waals surface area (Å²) in [5.74, 6) is -1.68. The molecule has 6 nitrogen and oxygen atoms in total. The van der Waals surface area contributed by atoms with E-state index >= 15 is 0 Å². The summed E-state index contributed by atoms with van der Waals surface area (Å²) in [6, 6.07) is 8.55. The van der Waals surface area contributed by atoms with E-state index in [2.05, 4.69) is 15.3 Å². The maximum absolute atomic E-state index is 12.4. The fraction of sp³-hybridized carbons (Fsp3) is 0.278. The molecule has 2 atom stereocenters. The summed E-state index contributed by atoms with van der Waals surface area (Å²) in [5, 5.41) is 13.8. The van der Waals surface area contributed by atoms with Crippen molar-refractivity contribution in [1.82, 2.24) is 15.3 Å². The SMILES string of the molecule is CCC(C)C(NC(=O)c1cc2c(cn1)[nH]c1ccccc12)C(=O)O. The van der Waals surface area contributed by atoms with Crippen LogP contribution in [0.1, 0.15) is 30.8 Å². The number of nitrogens with one attached hydrogen (secondary N) is 2. The van der Waals surface area contributed by atoms with Crippen LogP contribution in [0.4, 0.5) is 0 Å². The molecule has 0 aliphatic rings. The minimum atomic E-state index is -1.04. The molecular formula is C18H19N3O3. The quantitative estimate of drug-likeness (QED) is 0.672. The number of carboxylic acids is 1. The number of carbonyl (C=O) groups excluding carboxylic acids is 1. The van der Waals surface area contributed by atoms with E-state index in [9.17, 15) is 14.7 Å². The third-order valence-corrected chi connectivity index (χ3v) is 4.39. The van der Waals surface area contributed by atoms with Gasteiger partial charge in [0.2, 0.25) is 0 Å². The van der Waals surface area contributed by atoms with Gasteiger partial charge in [-0.1, -0.05) is 38.5 Å². The Morgan fingerprint density at radius 2 is 2.00 bits per heavy atom. The van der Waals surface area contributed by atoms with Crippen molar-refractivity contribution >= 4 is 33.7 Å². The summed E-state index contributed by atoms with van der Waals surface area (Å²) in [6.45, 7) is 3.69. The van der Waals surface area contributed by atoms with Crippen LogP contribution in [0.3, 0.4) is 0 Å². The number of rotatable bonds is 5. The molecule has 2 unspecified atom stereocenters. The van der Waals surface area contributed by atoms with Gasteiger partial charge in [0.15, 0.2) is 0 Å². The van der Waals surface area contributed by atoms with E-state index in [-0.39, 0.29) is 11.6 Å². The predicted octanol–water partition coefficient (Wildman–Crippen LogP) is 2.95. The van der Waals surface area contributed by atoms with Crippen molar-refractivity contribution < 1.29 is 14.7 Å². The number of carboxylic acid groups (broad SMARTS) is 1. The average molecular weight is 325 g/mol. The molecule has 1 amide bonds. The van der Waals surface area contributed by atoms with Crippen molar-refractivity contribution in [1.29, 1.82) is 0 Å². The van der Waals surface area contributed by atoms with E-state index in [4.69, 9.17) is 0 Å². The Balaban J connectivity index is 1.95. The lowest BCUT2D eigenvalue weighted by Crippen LogP contribution is -2.45. The number of nitrogens with zero attached hydrogens (tertiary/aromatic N) is 1. The first-order valence-electron chi connectivity index (χ1n) is 7.91. The zero-order valence-corrected chi connectivity index (χ0v) is 13.5. The first-order chi connectivity index (χ1) is 11.5. The van der Waals surface area contributed by atoms with Crippen LogP contribution in [0, 0.1) is 5.92 Å². The number of hydrogen-bond acceptors (Lipinski definition) is 3. The predicted molar refractivity (Wildman–Crippen MR) is 91.9 cm³/mol. The van der Waals surface area contributed by atoms with Crippen molar-refractivity contribution in [2.24, 2.45) is 5.92 Å². The lowest BCUT2D eigenvalue weighted by atomic mass is 9.99. The van der Waals surface area contributed by atoms with Crippen LogP contribution in [0.5, 0.6) is 0 Å². The molecule has 1 aromatic carbocycles. The lowest BCUT2D eigenvalue weighted by Gasteiger charge is -2.19. The Morgan fingerprint density at radius 3 is 2.71 bits per heavy atom. The Bertz CT molecular complexity index is 916. The maximum Gasteiger partial charge on any atom is 0.326 e. The molecule has 3 aromatic rings. The molecule has 0 saturated heterocycles. The second-order valence-corrected chi connectivity index (χ2v) is 5.96. The van der Waals surface area contributed by atoms with E-state index in [0.717, 1.165) is 21.8 Å². The zero-order valence-electron chi connectivity index (χ0n) is 13.5. The zero-order chi connectivity index (χ0) is 17.3. The molecule has 0 saturated carbocycles. The van der Waals surface area contributed by atoms with Gasteiger partial charge < -0.3 is 15.4 Å². The molecular weight excluding hydrogens is 306 g/mol. The van der Waals surface area contributed by atoms with Gasteiger partial charge in [0, 0.05) is 16.3 Å². The molecule has 0 bridgehead atoms. The second-order valence-electron chi connectivity index (χ2n) is 5.96. The molecule has 0 fully saturated rings. The van der Waals surface area contributed by atoms with Gasteiger partial charge in [0.25, 0.3) is 5.91 Å². The number of para-hydroxylation sites is 1. The van der Waals surface area contributed by atoms with E-state index in [1.54, 1.807) is 19.2 Å². The number of carbonyl (C=O) groups is 2. The molecule has 0 spiro atoms. The van der Waals surface area contributed by atoms with Crippen LogP contribution in [-0.2, 0) is 4.79 Å². The third-order valence-electron chi connectivity index (χ3n) is 4.39. The summed E-state index contributed by atoms with van der Waals surface area (Å²) in [7, 11) is 0. The fourth-order valence-corrected chi connectivity index (χ4v) is 2.77. The Labute approximate surface area is 138 Å². The normalized spacial score (nSPS) is 13.8. The van der Waals surface area contributed by atoms with Crippen molar-refractivity contribution in [3.8, 4) is 0 Å². The molecule has 0 aliphatic carbocycles. The van der Waals surface area contributed by atoms with Crippen LogP contribution >= 0.6 is 0 Å². The standard InChI is InChI=1S/C18H19N3O3/c1-3-10(2)16(18(23)24)21-17(22)14-8-12-11-6-4-5-7-13(11)20-15(12)9-19-14/h4-10,16,20H,3H2,1-2H3,(H,21,22)(H,23,24). The monoisotopic (exact) mass is 325 g/mol. The van der Waals surface area contributed by atoms with Crippen LogP contribution in [-0.4, -0.2) is 33.0 Å². The van der Waals surface area contributed by atoms with E-state index in [0.29, 0.717) is 6.42 Å². The Kier molecular flexibility index (Phi) is 4.20. The number of hydrogen-bond donors (Lipinski definition) is 3. The van der Waals surface area contributed by atoms with E-state index < -0.39 is 17.9 Å². The first-order valence-corrected chi connectivity index (χ1v) is 7.91. The highest BCUT2D eigenvalue weighted by Gasteiger charge is 2.26. The van der Waals surface area contributed by atoms with E-state index in [1.807, 2.05) is 31.2 Å². The van der Waals surface area contributed by atoms with Gasteiger partial charge in [0.05, 0.1) is 11.7 Å². The first kappa shape index (κ1) is 16.0. The van der Waals surface area contributed by atoms with Crippen LogP contribution in [0.15, 0.2) is 36.5 Å². The minimum Gasteiger partial charge on any atom is -0.480 e. The number of aromatic nitrogens is 2. The summed E-state index contributed by atoms with van der Waals surface area (Å²) in [6.07, 6.45) is 2.26. The van der Waals surface area contributed by atoms with Gasteiger partial charge >= 0.3 is 5.97 Å². The molecule has 0 aliphatic heterocycles. The Hall–Kier alpha value is -2.89.